The van der Waals surface area contributed by atoms with E-state index < -0.39 is 11.8 Å². The topological polar surface area (TPSA) is 109 Å². The zero-order valence-corrected chi connectivity index (χ0v) is 13.1. The fourth-order valence-corrected chi connectivity index (χ4v) is 3.72. The number of dihydropyridines is 1. The molecule has 0 saturated carbocycles. The molecule has 6 nitrogen and oxygen atoms in total. The molecule has 1 aromatic heterocycles. The third-order valence-electron chi connectivity index (χ3n) is 3.85. The standard InChI is InChI=1S/C16H15N3O3S/c17-7-9-14(12-5-2-6-22-12)15-10(3-1-4-11(15)20)19-16(9)23-8-13(18)21/h2,5-6,14,19H,1,3-4,8H2,(H2,18,21)/t14-/m0/s1. The lowest BCUT2D eigenvalue weighted by Gasteiger charge is -2.32. The summed E-state index contributed by atoms with van der Waals surface area (Å²) in [6.07, 6.45) is 3.50. The summed E-state index contributed by atoms with van der Waals surface area (Å²) in [7, 11) is 0. The Morgan fingerprint density at radius 3 is 3.00 bits per heavy atom. The summed E-state index contributed by atoms with van der Waals surface area (Å²) < 4.78 is 5.48. The molecular weight excluding hydrogens is 314 g/mol. The number of furan rings is 1. The van der Waals surface area contributed by atoms with Gasteiger partial charge in [-0.05, 0) is 25.0 Å². The number of nitrogens with zero attached hydrogens (tertiary/aromatic N) is 1. The molecule has 1 amide bonds. The number of carbonyl (C=O) groups is 2. The van der Waals surface area contributed by atoms with Crippen molar-refractivity contribution in [3.8, 4) is 6.07 Å². The molecule has 0 unspecified atom stereocenters. The number of hydrogen-bond acceptors (Lipinski definition) is 6. The second kappa shape index (κ2) is 6.34. The quantitative estimate of drug-likeness (QED) is 0.873. The molecule has 118 valence electrons. The van der Waals surface area contributed by atoms with Gasteiger partial charge in [0.05, 0.1) is 34.6 Å². The Kier molecular flexibility index (Phi) is 4.26. The minimum absolute atomic E-state index is 0.0341. The number of amides is 1. The van der Waals surface area contributed by atoms with Crippen molar-refractivity contribution in [2.24, 2.45) is 5.73 Å². The molecule has 7 heteroatoms. The first-order valence-corrected chi connectivity index (χ1v) is 8.22. The van der Waals surface area contributed by atoms with Crippen LogP contribution in [0.4, 0.5) is 0 Å². The van der Waals surface area contributed by atoms with Crippen LogP contribution in [0.25, 0.3) is 0 Å². The maximum atomic E-state index is 12.4. The number of nitrogens with two attached hydrogens (primary N) is 1. The van der Waals surface area contributed by atoms with Crippen LogP contribution in [0.5, 0.6) is 0 Å². The van der Waals surface area contributed by atoms with Gasteiger partial charge in [0, 0.05) is 17.7 Å². The van der Waals surface area contributed by atoms with E-state index in [0.717, 1.165) is 18.5 Å². The van der Waals surface area contributed by atoms with Crippen LogP contribution in [0.15, 0.2) is 44.7 Å². The summed E-state index contributed by atoms with van der Waals surface area (Å²) in [4.78, 5) is 23.5. The first-order chi connectivity index (χ1) is 11.1. The van der Waals surface area contributed by atoms with Crippen LogP contribution in [0.1, 0.15) is 30.9 Å². The Morgan fingerprint density at radius 1 is 1.52 bits per heavy atom. The number of ketones is 1. The molecule has 2 heterocycles. The molecule has 3 rings (SSSR count). The highest BCUT2D eigenvalue weighted by atomic mass is 32.2. The minimum Gasteiger partial charge on any atom is -0.468 e. The van der Waals surface area contributed by atoms with E-state index >= 15 is 0 Å². The van der Waals surface area contributed by atoms with E-state index in [4.69, 9.17) is 10.2 Å². The van der Waals surface area contributed by atoms with E-state index in [0.29, 0.717) is 28.4 Å². The normalized spacial score (nSPS) is 20.8. The number of hydrogen-bond donors (Lipinski definition) is 2. The summed E-state index contributed by atoms with van der Waals surface area (Å²) in [5.74, 6) is -0.325. The van der Waals surface area contributed by atoms with Gasteiger partial charge in [0.1, 0.15) is 5.76 Å². The van der Waals surface area contributed by atoms with E-state index in [1.165, 1.54) is 18.0 Å². The van der Waals surface area contributed by atoms with Crippen LogP contribution >= 0.6 is 11.8 Å². The molecular formula is C16H15N3O3S. The van der Waals surface area contributed by atoms with Gasteiger partial charge in [0.15, 0.2) is 5.78 Å². The number of thioether (sulfide) groups is 1. The molecule has 1 aliphatic heterocycles. The number of Topliss-reactive ketones (excluding diaryl/α,β-unsaturated/α-hetero) is 1. The van der Waals surface area contributed by atoms with E-state index in [1.807, 2.05) is 0 Å². The number of carbonyl (C=O) groups excluding carboxylic acids is 2. The first kappa shape index (κ1) is 15.4. The summed E-state index contributed by atoms with van der Waals surface area (Å²) in [6, 6.07) is 5.66. The van der Waals surface area contributed by atoms with Crippen LogP contribution in [0.3, 0.4) is 0 Å². The highest BCUT2D eigenvalue weighted by Crippen LogP contribution is 2.43. The van der Waals surface area contributed by atoms with Crippen LogP contribution in [0.2, 0.25) is 0 Å². The summed E-state index contributed by atoms with van der Waals surface area (Å²) >= 11 is 1.18. The molecule has 2 aliphatic rings. The van der Waals surface area contributed by atoms with Gasteiger partial charge in [-0.25, -0.2) is 0 Å². The molecule has 1 aromatic rings. The summed E-state index contributed by atoms with van der Waals surface area (Å²) in [6.45, 7) is 0. The number of nitriles is 1. The molecule has 3 N–H and O–H groups in total. The third kappa shape index (κ3) is 2.90. The maximum Gasteiger partial charge on any atom is 0.227 e. The highest BCUT2D eigenvalue weighted by molar-refractivity contribution is 8.03. The van der Waals surface area contributed by atoms with Crippen LogP contribution in [-0.2, 0) is 9.59 Å². The fourth-order valence-electron chi connectivity index (χ4n) is 2.92. The Morgan fingerprint density at radius 2 is 2.35 bits per heavy atom. The van der Waals surface area contributed by atoms with Crippen molar-refractivity contribution in [3.05, 3.63) is 46.0 Å². The lowest BCUT2D eigenvalue weighted by Crippen LogP contribution is -2.31. The predicted octanol–water partition coefficient (Wildman–Crippen LogP) is 1.93. The van der Waals surface area contributed by atoms with Crippen LogP contribution in [-0.4, -0.2) is 17.4 Å². The SMILES string of the molecule is N#CC1=C(SCC(N)=O)NC2=C(C(=O)CCC2)[C@@H]1c1ccco1. The zero-order valence-electron chi connectivity index (χ0n) is 12.3. The van der Waals surface area contributed by atoms with E-state index in [1.54, 1.807) is 12.1 Å². The number of nitrogens with one attached hydrogen (secondary N) is 1. The van der Waals surface area contributed by atoms with E-state index in [-0.39, 0.29) is 11.5 Å². The van der Waals surface area contributed by atoms with Gasteiger partial charge >= 0.3 is 0 Å². The van der Waals surface area contributed by atoms with Crippen molar-refractivity contribution in [1.82, 2.24) is 5.32 Å². The van der Waals surface area contributed by atoms with Gasteiger partial charge in [-0.2, -0.15) is 5.26 Å². The second-order valence-electron chi connectivity index (χ2n) is 5.35. The van der Waals surface area contributed by atoms with E-state index in [2.05, 4.69) is 11.4 Å². The van der Waals surface area contributed by atoms with E-state index in [9.17, 15) is 14.9 Å². The average Bonchev–Trinajstić information content (AvgIpc) is 3.05. The lowest BCUT2D eigenvalue weighted by molar-refractivity contribution is -0.116. The van der Waals surface area contributed by atoms with Gasteiger partial charge in [-0.3, -0.25) is 9.59 Å². The van der Waals surface area contributed by atoms with Gasteiger partial charge < -0.3 is 15.5 Å². The smallest absolute Gasteiger partial charge is 0.227 e. The predicted molar refractivity (Wildman–Crippen MR) is 84.8 cm³/mol. The monoisotopic (exact) mass is 329 g/mol. The second-order valence-corrected chi connectivity index (χ2v) is 6.34. The number of rotatable bonds is 4. The molecule has 1 aliphatic carbocycles. The first-order valence-electron chi connectivity index (χ1n) is 7.24. The van der Waals surface area contributed by atoms with Gasteiger partial charge in [-0.1, -0.05) is 11.8 Å². The minimum atomic E-state index is -0.519. The molecule has 0 radical (unpaired) electrons. The highest BCUT2D eigenvalue weighted by Gasteiger charge is 2.38. The molecule has 0 saturated heterocycles. The van der Waals surface area contributed by atoms with Crippen molar-refractivity contribution >= 4 is 23.5 Å². The van der Waals surface area contributed by atoms with Crippen molar-refractivity contribution in [3.63, 3.8) is 0 Å². The number of allylic oxidation sites excluding steroid dienone is 3. The van der Waals surface area contributed by atoms with Crippen LogP contribution < -0.4 is 11.1 Å². The van der Waals surface area contributed by atoms with Crippen molar-refractivity contribution in [2.45, 2.75) is 25.2 Å². The Labute approximate surface area is 137 Å². The van der Waals surface area contributed by atoms with Crippen molar-refractivity contribution in [2.75, 3.05) is 5.75 Å². The van der Waals surface area contributed by atoms with Crippen molar-refractivity contribution < 1.29 is 14.0 Å². The number of primary amides is 1. The van der Waals surface area contributed by atoms with Crippen molar-refractivity contribution in [1.29, 1.82) is 5.26 Å². The molecule has 1 atom stereocenters. The molecule has 23 heavy (non-hydrogen) atoms. The van der Waals surface area contributed by atoms with Gasteiger partial charge in [0.25, 0.3) is 0 Å². The van der Waals surface area contributed by atoms with Gasteiger partial charge in [-0.15, -0.1) is 0 Å². The van der Waals surface area contributed by atoms with Crippen LogP contribution in [0, 0.1) is 11.3 Å². The lowest BCUT2D eigenvalue weighted by atomic mass is 9.79. The molecule has 0 aromatic carbocycles. The van der Waals surface area contributed by atoms with Gasteiger partial charge in [0.2, 0.25) is 5.91 Å². The Balaban J connectivity index is 2.08. The third-order valence-corrected chi connectivity index (χ3v) is 4.89. The molecule has 0 fully saturated rings. The average molecular weight is 329 g/mol. The maximum absolute atomic E-state index is 12.4. The Hall–Kier alpha value is -2.46. The Bertz CT molecular complexity index is 756. The summed E-state index contributed by atoms with van der Waals surface area (Å²) in [5, 5.41) is 13.4. The molecule has 0 spiro atoms. The largest absolute Gasteiger partial charge is 0.468 e. The summed E-state index contributed by atoms with van der Waals surface area (Å²) in [5.41, 5.74) is 7.01. The molecule has 0 bridgehead atoms. The fraction of sp³-hybridized carbons (Fsp3) is 0.312. The zero-order chi connectivity index (χ0) is 16.4.